The van der Waals surface area contributed by atoms with Gasteiger partial charge in [-0.1, -0.05) is 11.8 Å². The molecule has 0 saturated carbocycles. The molecule has 0 saturated heterocycles. The topological polar surface area (TPSA) is 67.6 Å². The first-order chi connectivity index (χ1) is 11.2. The first-order valence-corrected chi connectivity index (χ1v) is 8.00. The van der Waals surface area contributed by atoms with E-state index in [0.29, 0.717) is 40.2 Å². The Morgan fingerprint density at radius 1 is 1.35 bits per heavy atom. The zero-order valence-corrected chi connectivity index (χ0v) is 13.2. The molecule has 0 aliphatic heterocycles. The molecule has 0 fully saturated rings. The van der Waals surface area contributed by atoms with E-state index in [1.54, 1.807) is 18.4 Å². The van der Waals surface area contributed by atoms with Crippen LogP contribution < -0.4 is 0 Å². The van der Waals surface area contributed by atoms with Gasteiger partial charge in [-0.25, -0.2) is 4.39 Å². The second-order valence-corrected chi connectivity index (χ2v) is 5.68. The van der Waals surface area contributed by atoms with Gasteiger partial charge in [0.25, 0.3) is 0 Å². The van der Waals surface area contributed by atoms with Crippen molar-refractivity contribution >= 4 is 11.8 Å². The van der Waals surface area contributed by atoms with E-state index in [4.69, 9.17) is 9.68 Å². The Morgan fingerprint density at radius 3 is 2.91 bits per heavy atom. The molecule has 1 aromatic carbocycles. The van der Waals surface area contributed by atoms with Crippen LogP contribution in [0.25, 0.3) is 11.6 Å². The van der Waals surface area contributed by atoms with Gasteiger partial charge >= 0.3 is 0 Å². The number of nitriles is 1. The average Bonchev–Trinajstić information content (AvgIpc) is 3.22. The lowest BCUT2D eigenvalue weighted by molar-refractivity contribution is 0.567. The molecule has 2 aromatic heterocycles. The molecule has 0 radical (unpaired) electrons. The van der Waals surface area contributed by atoms with Crippen molar-refractivity contribution in [3.05, 3.63) is 53.5 Å². The number of rotatable bonds is 5. The molecule has 0 atom stereocenters. The summed E-state index contributed by atoms with van der Waals surface area (Å²) in [4.78, 5) is 0. The highest BCUT2D eigenvalue weighted by Gasteiger charge is 2.15. The molecule has 2 heterocycles. The van der Waals surface area contributed by atoms with Crippen molar-refractivity contribution in [3.63, 3.8) is 0 Å². The van der Waals surface area contributed by atoms with Gasteiger partial charge < -0.3 is 4.42 Å². The van der Waals surface area contributed by atoms with E-state index in [2.05, 4.69) is 10.2 Å². The van der Waals surface area contributed by atoms with Gasteiger partial charge in [0, 0.05) is 12.3 Å². The van der Waals surface area contributed by atoms with E-state index in [9.17, 15) is 4.39 Å². The van der Waals surface area contributed by atoms with Crippen molar-refractivity contribution in [2.75, 3.05) is 0 Å². The lowest BCUT2D eigenvalue weighted by Crippen LogP contribution is -1.99. The van der Waals surface area contributed by atoms with Crippen LogP contribution in [0.3, 0.4) is 0 Å². The molecule has 23 heavy (non-hydrogen) atoms. The molecule has 116 valence electrons. The number of furan rings is 1. The van der Waals surface area contributed by atoms with Gasteiger partial charge in [0.05, 0.1) is 17.9 Å². The van der Waals surface area contributed by atoms with Gasteiger partial charge in [-0.15, -0.1) is 10.2 Å². The molecule has 0 aliphatic rings. The molecule has 7 heteroatoms. The Hall–Kier alpha value is -2.59. The van der Waals surface area contributed by atoms with Crippen LogP contribution in [0.2, 0.25) is 0 Å². The third kappa shape index (κ3) is 3.12. The number of halogens is 1. The number of nitrogens with zero attached hydrogens (tertiary/aromatic N) is 4. The Morgan fingerprint density at radius 2 is 2.22 bits per heavy atom. The highest BCUT2D eigenvalue weighted by atomic mass is 32.2. The number of hydrogen-bond donors (Lipinski definition) is 0. The highest BCUT2D eigenvalue weighted by molar-refractivity contribution is 7.98. The van der Waals surface area contributed by atoms with Gasteiger partial charge in [0.1, 0.15) is 5.82 Å². The molecule has 0 spiro atoms. The van der Waals surface area contributed by atoms with E-state index < -0.39 is 0 Å². The standard InChI is InChI=1S/C16H13FN4OS/c1-2-21-15(14-4-3-7-22-14)19-20-16(21)23-10-12-8-11(9-18)5-6-13(12)17/h3-8H,2,10H2,1H3. The molecule has 0 unspecified atom stereocenters. The molecular weight excluding hydrogens is 315 g/mol. The Balaban J connectivity index is 1.83. The quantitative estimate of drug-likeness (QED) is 0.665. The molecule has 0 bridgehead atoms. The van der Waals surface area contributed by atoms with Crippen LogP contribution in [0.5, 0.6) is 0 Å². The average molecular weight is 328 g/mol. The second kappa shape index (κ2) is 6.67. The van der Waals surface area contributed by atoms with Crippen LogP contribution in [0.4, 0.5) is 4.39 Å². The monoisotopic (exact) mass is 328 g/mol. The summed E-state index contributed by atoms with van der Waals surface area (Å²) >= 11 is 1.37. The summed E-state index contributed by atoms with van der Waals surface area (Å²) in [5.41, 5.74) is 0.912. The molecule has 3 rings (SSSR count). The van der Waals surface area contributed by atoms with E-state index >= 15 is 0 Å². The highest BCUT2D eigenvalue weighted by Crippen LogP contribution is 2.27. The van der Waals surface area contributed by atoms with Crippen molar-refractivity contribution in [2.45, 2.75) is 24.4 Å². The first-order valence-electron chi connectivity index (χ1n) is 7.01. The predicted molar refractivity (Wildman–Crippen MR) is 84.1 cm³/mol. The number of benzene rings is 1. The maximum Gasteiger partial charge on any atom is 0.200 e. The van der Waals surface area contributed by atoms with Crippen molar-refractivity contribution in [3.8, 4) is 17.7 Å². The minimum Gasteiger partial charge on any atom is -0.461 e. The number of hydrogen-bond acceptors (Lipinski definition) is 5. The summed E-state index contributed by atoms with van der Waals surface area (Å²) in [5.74, 6) is 1.33. The van der Waals surface area contributed by atoms with Crippen LogP contribution >= 0.6 is 11.8 Å². The van der Waals surface area contributed by atoms with Crippen molar-refractivity contribution in [1.29, 1.82) is 5.26 Å². The summed E-state index contributed by atoms with van der Waals surface area (Å²) in [6, 6.07) is 9.96. The van der Waals surface area contributed by atoms with Crippen molar-refractivity contribution in [2.24, 2.45) is 0 Å². The molecule has 0 N–H and O–H groups in total. The summed E-state index contributed by atoms with van der Waals surface area (Å²) < 4.78 is 21.1. The van der Waals surface area contributed by atoms with E-state index in [0.717, 1.165) is 0 Å². The van der Waals surface area contributed by atoms with E-state index in [-0.39, 0.29) is 5.82 Å². The van der Waals surface area contributed by atoms with Crippen LogP contribution in [-0.2, 0) is 12.3 Å². The van der Waals surface area contributed by atoms with Crippen molar-refractivity contribution < 1.29 is 8.81 Å². The lowest BCUT2D eigenvalue weighted by Gasteiger charge is -2.06. The van der Waals surface area contributed by atoms with Crippen LogP contribution in [-0.4, -0.2) is 14.8 Å². The van der Waals surface area contributed by atoms with Gasteiger partial charge in [-0.2, -0.15) is 5.26 Å². The fourth-order valence-electron chi connectivity index (χ4n) is 2.17. The lowest BCUT2D eigenvalue weighted by atomic mass is 10.1. The Kier molecular flexibility index (Phi) is 4.44. The van der Waals surface area contributed by atoms with Gasteiger partial charge in [-0.3, -0.25) is 4.57 Å². The third-order valence-electron chi connectivity index (χ3n) is 3.31. The Labute approximate surface area is 136 Å². The summed E-state index contributed by atoms with van der Waals surface area (Å²) in [5, 5.41) is 17.9. The fourth-order valence-corrected chi connectivity index (χ4v) is 3.14. The summed E-state index contributed by atoms with van der Waals surface area (Å²) in [6.07, 6.45) is 1.58. The normalized spacial score (nSPS) is 10.7. The van der Waals surface area contributed by atoms with Crippen LogP contribution in [0, 0.1) is 17.1 Å². The summed E-state index contributed by atoms with van der Waals surface area (Å²) in [7, 11) is 0. The van der Waals surface area contributed by atoms with Crippen molar-refractivity contribution in [1.82, 2.24) is 14.8 Å². The van der Waals surface area contributed by atoms with Gasteiger partial charge in [0.15, 0.2) is 16.7 Å². The smallest absolute Gasteiger partial charge is 0.200 e. The first kappa shape index (κ1) is 15.3. The second-order valence-electron chi connectivity index (χ2n) is 4.73. The Bertz CT molecular complexity index is 852. The summed E-state index contributed by atoms with van der Waals surface area (Å²) in [6.45, 7) is 2.66. The fraction of sp³-hybridized carbons (Fsp3) is 0.188. The predicted octanol–water partition coefficient (Wildman–Crippen LogP) is 3.86. The molecule has 0 aliphatic carbocycles. The number of aromatic nitrogens is 3. The number of thioether (sulfide) groups is 1. The molecule has 0 amide bonds. The van der Waals surface area contributed by atoms with E-state index in [1.165, 1.54) is 23.9 Å². The minimum absolute atomic E-state index is 0.328. The molecule has 5 nitrogen and oxygen atoms in total. The third-order valence-corrected chi connectivity index (χ3v) is 4.32. The zero-order valence-electron chi connectivity index (χ0n) is 12.4. The van der Waals surface area contributed by atoms with Gasteiger partial charge in [-0.05, 0) is 42.8 Å². The maximum atomic E-state index is 13.8. The minimum atomic E-state index is -0.328. The molecule has 3 aromatic rings. The van der Waals surface area contributed by atoms with Gasteiger partial charge in [0.2, 0.25) is 0 Å². The zero-order chi connectivity index (χ0) is 16.2. The SMILES string of the molecule is CCn1c(SCc2cc(C#N)ccc2F)nnc1-c1ccco1. The van der Waals surface area contributed by atoms with Crippen LogP contribution in [0.1, 0.15) is 18.1 Å². The molecular formula is C16H13FN4OS. The maximum absolute atomic E-state index is 13.8. The van der Waals surface area contributed by atoms with Crippen LogP contribution in [0.15, 0.2) is 46.2 Å². The largest absolute Gasteiger partial charge is 0.461 e. The van der Waals surface area contributed by atoms with E-state index in [1.807, 2.05) is 23.6 Å².